The van der Waals surface area contributed by atoms with E-state index in [4.69, 9.17) is 9.47 Å². The third-order valence-electron chi connectivity index (χ3n) is 0.678. The highest BCUT2D eigenvalue weighted by molar-refractivity contribution is 4.57. The van der Waals surface area contributed by atoms with Crippen LogP contribution in [0, 0.1) is 0 Å². The molecule has 0 amide bonds. The monoisotopic (exact) mass is 130 g/mol. The Bertz CT molecular complexity index is 81.4. The molecule has 0 aromatic carbocycles. The topological polar surface area (TPSA) is 18.5 Å². The zero-order chi connectivity index (χ0) is 7.33. The molecule has 0 fully saturated rings. The van der Waals surface area contributed by atoms with Crippen LogP contribution in [0.2, 0.25) is 0 Å². The maximum atomic E-state index is 5.18. The largest absolute Gasteiger partial charge is 0.476 e. The second kappa shape index (κ2) is 3.51. The van der Waals surface area contributed by atoms with Gasteiger partial charge in [0.1, 0.15) is 0 Å². The van der Waals surface area contributed by atoms with Crippen LogP contribution in [0.4, 0.5) is 0 Å². The summed E-state index contributed by atoms with van der Waals surface area (Å²) in [6, 6.07) is 0. The van der Waals surface area contributed by atoms with E-state index in [0.717, 1.165) is 0 Å². The molecular formula is C7H14O2. The molecule has 0 atom stereocenters. The first kappa shape index (κ1) is 8.50. The van der Waals surface area contributed by atoms with Crippen molar-refractivity contribution >= 4 is 0 Å². The van der Waals surface area contributed by atoms with Crippen LogP contribution in [0.3, 0.4) is 0 Å². The summed E-state index contributed by atoms with van der Waals surface area (Å²) >= 11 is 0. The van der Waals surface area contributed by atoms with Gasteiger partial charge in [-0.25, -0.2) is 0 Å². The van der Waals surface area contributed by atoms with Gasteiger partial charge in [-0.15, -0.1) is 0 Å². The van der Waals surface area contributed by atoms with E-state index in [9.17, 15) is 0 Å². The minimum atomic E-state index is -0.122. The molecule has 0 aliphatic heterocycles. The van der Waals surface area contributed by atoms with Crippen molar-refractivity contribution in [3.05, 3.63) is 12.8 Å². The Kier molecular flexibility index (Phi) is 3.32. The summed E-state index contributed by atoms with van der Waals surface area (Å²) in [6.07, 6.45) is 1.37. The molecule has 0 N–H and O–H groups in total. The third kappa shape index (κ3) is 7.50. The molecule has 0 unspecified atom stereocenters. The molecular weight excluding hydrogens is 116 g/mol. The summed E-state index contributed by atoms with van der Waals surface area (Å²) in [7, 11) is 0. The molecule has 0 spiro atoms. The maximum Gasteiger partial charge on any atom is 0.188 e. The van der Waals surface area contributed by atoms with Crippen molar-refractivity contribution in [1.29, 1.82) is 0 Å². The fourth-order valence-corrected chi connectivity index (χ4v) is 0.259. The Morgan fingerprint density at radius 1 is 1.44 bits per heavy atom. The first-order valence-corrected chi connectivity index (χ1v) is 2.93. The Hall–Kier alpha value is -0.500. The van der Waals surface area contributed by atoms with Crippen LogP contribution < -0.4 is 0 Å². The zero-order valence-corrected chi connectivity index (χ0v) is 6.31. The van der Waals surface area contributed by atoms with E-state index in [1.165, 1.54) is 6.26 Å². The molecule has 2 heteroatoms. The minimum Gasteiger partial charge on any atom is -0.476 e. The van der Waals surface area contributed by atoms with E-state index >= 15 is 0 Å². The first-order chi connectivity index (χ1) is 4.06. The molecule has 2 nitrogen and oxygen atoms in total. The van der Waals surface area contributed by atoms with Crippen molar-refractivity contribution in [2.75, 3.05) is 6.79 Å². The molecule has 0 aliphatic rings. The van der Waals surface area contributed by atoms with Crippen LogP contribution in [0.15, 0.2) is 12.8 Å². The summed E-state index contributed by atoms with van der Waals surface area (Å²) < 4.78 is 9.93. The average molecular weight is 130 g/mol. The number of ether oxygens (including phenoxy) is 2. The van der Waals surface area contributed by atoms with Crippen LogP contribution in [0.5, 0.6) is 0 Å². The highest BCUT2D eigenvalue weighted by Crippen LogP contribution is 2.05. The standard InChI is InChI=1S/C7H14O2/c1-5-8-6-9-7(2,3)4/h5H,1,6H2,2-4H3. The molecule has 0 saturated carbocycles. The van der Waals surface area contributed by atoms with E-state index in [2.05, 4.69) is 6.58 Å². The van der Waals surface area contributed by atoms with Gasteiger partial charge < -0.3 is 9.47 Å². The van der Waals surface area contributed by atoms with Crippen molar-refractivity contribution in [2.45, 2.75) is 26.4 Å². The minimum absolute atomic E-state index is 0.122. The molecule has 54 valence electrons. The predicted octanol–water partition coefficient (Wildman–Crippen LogP) is 1.92. The van der Waals surface area contributed by atoms with Gasteiger partial charge in [0.25, 0.3) is 0 Å². The lowest BCUT2D eigenvalue weighted by molar-refractivity contribution is -0.0927. The van der Waals surface area contributed by atoms with Crippen LogP contribution in [-0.4, -0.2) is 12.4 Å². The Morgan fingerprint density at radius 3 is 2.33 bits per heavy atom. The molecule has 0 aliphatic carbocycles. The van der Waals surface area contributed by atoms with Crippen molar-refractivity contribution < 1.29 is 9.47 Å². The zero-order valence-electron chi connectivity index (χ0n) is 6.31. The quantitative estimate of drug-likeness (QED) is 0.330. The fourth-order valence-electron chi connectivity index (χ4n) is 0.259. The van der Waals surface area contributed by atoms with Gasteiger partial charge in [0.15, 0.2) is 6.79 Å². The van der Waals surface area contributed by atoms with Gasteiger partial charge in [-0.2, -0.15) is 0 Å². The molecule has 0 saturated heterocycles. The van der Waals surface area contributed by atoms with Crippen molar-refractivity contribution in [3.8, 4) is 0 Å². The lowest BCUT2D eigenvalue weighted by atomic mass is 10.2. The summed E-state index contributed by atoms with van der Waals surface area (Å²) in [5.41, 5.74) is -0.122. The van der Waals surface area contributed by atoms with Crippen molar-refractivity contribution in [3.63, 3.8) is 0 Å². The Labute approximate surface area is 56.5 Å². The van der Waals surface area contributed by atoms with E-state index in [0.29, 0.717) is 0 Å². The summed E-state index contributed by atoms with van der Waals surface area (Å²) in [4.78, 5) is 0. The number of rotatable bonds is 3. The first-order valence-electron chi connectivity index (χ1n) is 2.93. The molecule has 0 aromatic rings. The summed E-state index contributed by atoms with van der Waals surface area (Å²) in [5, 5.41) is 0. The van der Waals surface area contributed by atoms with E-state index in [1.807, 2.05) is 20.8 Å². The molecule has 0 heterocycles. The van der Waals surface area contributed by atoms with Gasteiger partial charge in [-0.1, -0.05) is 6.58 Å². The highest BCUT2D eigenvalue weighted by Gasteiger charge is 2.08. The van der Waals surface area contributed by atoms with Gasteiger partial charge in [-0.3, -0.25) is 0 Å². The van der Waals surface area contributed by atoms with Gasteiger partial charge >= 0.3 is 0 Å². The van der Waals surface area contributed by atoms with Crippen LogP contribution in [0.1, 0.15) is 20.8 Å². The second-order valence-corrected chi connectivity index (χ2v) is 2.71. The van der Waals surface area contributed by atoms with Crippen molar-refractivity contribution in [2.24, 2.45) is 0 Å². The van der Waals surface area contributed by atoms with E-state index in [1.54, 1.807) is 0 Å². The highest BCUT2D eigenvalue weighted by atomic mass is 16.7. The average Bonchev–Trinajstić information content (AvgIpc) is 1.63. The summed E-state index contributed by atoms with van der Waals surface area (Å²) in [6.45, 7) is 9.58. The molecule has 0 aromatic heterocycles. The van der Waals surface area contributed by atoms with Crippen LogP contribution in [-0.2, 0) is 9.47 Å². The molecule has 0 radical (unpaired) electrons. The van der Waals surface area contributed by atoms with E-state index in [-0.39, 0.29) is 12.4 Å². The molecule has 0 rings (SSSR count). The lowest BCUT2D eigenvalue weighted by Gasteiger charge is -2.18. The second-order valence-electron chi connectivity index (χ2n) is 2.71. The van der Waals surface area contributed by atoms with Crippen molar-refractivity contribution in [1.82, 2.24) is 0 Å². The smallest absolute Gasteiger partial charge is 0.188 e. The SMILES string of the molecule is C=COCOC(C)(C)C. The van der Waals surface area contributed by atoms with E-state index < -0.39 is 0 Å². The summed E-state index contributed by atoms with van der Waals surface area (Å²) in [5.74, 6) is 0. The predicted molar refractivity (Wildman–Crippen MR) is 37.0 cm³/mol. The normalized spacial score (nSPS) is 11.0. The Balaban J connectivity index is 3.17. The number of hydrogen-bond acceptors (Lipinski definition) is 2. The van der Waals surface area contributed by atoms with Crippen LogP contribution >= 0.6 is 0 Å². The molecule has 0 bridgehead atoms. The van der Waals surface area contributed by atoms with Crippen LogP contribution in [0.25, 0.3) is 0 Å². The lowest BCUT2D eigenvalue weighted by Crippen LogP contribution is -2.20. The number of hydrogen-bond donors (Lipinski definition) is 0. The Morgan fingerprint density at radius 2 is 2.00 bits per heavy atom. The maximum absolute atomic E-state index is 5.18. The fraction of sp³-hybridized carbons (Fsp3) is 0.714. The van der Waals surface area contributed by atoms with Gasteiger partial charge in [0.2, 0.25) is 0 Å². The van der Waals surface area contributed by atoms with Gasteiger partial charge in [-0.05, 0) is 20.8 Å². The molecule has 9 heavy (non-hydrogen) atoms. The van der Waals surface area contributed by atoms with Gasteiger partial charge in [0, 0.05) is 0 Å². The van der Waals surface area contributed by atoms with Gasteiger partial charge in [0.05, 0.1) is 11.9 Å². The third-order valence-corrected chi connectivity index (χ3v) is 0.678.